The maximum absolute atomic E-state index is 10.6. The molecule has 0 saturated carbocycles. The summed E-state index contributed by atoms with van der Waals surface area (Å²) in [7, 11) is 0. The van der Waals surface area contributed by atoms with Gasteiger partial charge in [-0.15, -0.1) is 0 Å². The third-order valence-electron chi connectivity index (χ3n) is 2.05. The lowest BCUT2D eigenvalue weighted by atomic mass is 10.5. The number of carboxylic acid groups (broad SMARTS) is 1. The smallest absolute Gasteiger partial charge is 0.356 e. The Morgan fingerprint density at radius 2 is 2.33 bits per heavy atom. The summed E-state index contributed by atoms with van der Waals surface area (Å²) in [5.41, 5.74) is 0.0145. The van der Waals surface area contributed by atoms with Gasteiger partial charge in [-0.2, -0.15) is 5.10 Å². The van der Waals surface area contributed by atoms with Crippen molar-refractivity contribution in [1.29, 1.82) is 0 Å². The van der Waals surface area contributed by atoms with E-state index in [1.165, 1.54) is 10.7 Å². The molecule has 2 rings (SSSR count). The molecule has 15 heavy (non-hydrogen) atoms. The van der Waals surface area contributed by atoms with Gasteiger partial charge in [-0.3, -0.25) is 0 Å². The van der Waals surface area contributed by atoms with Crippen LogP contribution in [0.3, 0.4) is 0 Å². The zero-order valence-corrected chi connectivity index (χ0v) is 8.16. The molecule has 0 fully saturated rings. The van der Waals surface area contributed by atoms with Crippen molar-refractivity contribution in [2.45, 2.75) is 13.5 Å². The topological polar surface area (TPSA) is 72.9 Å². The molecule has 0 radical (unpaired) electrons. The number of aryl methyl sites for hydroxylation is 1. The third-order valence-corrected chi connectivity index (χ3v) is 2.05. The van der Waals surface area contributed by atoms with Crippen LogP contribution in [-0.2, 0) is 6.54 Å². The van der Waals surface area contributed by atoms with E-state index in [4.69, 9.17) is 5.11 Å². The lowest BCUT2D eigenvalue weighted by Crippen LogP contribution is -2.07. The lowest BCUT2D eigenvalue weighted by molar-refractivity contribution is 0.0690. The van der Waals surface area contributed by atoms with Crippen molar-refractivity contribution in [2.24, 2.45) is 0 Å². The molecule has 1 N–H and O–H groups in total. The SMILES string of the molecule is CCn1ccnc1-n1ccc(C(=O)O)n1. The molecular weight excluding hydrogens is 196 g/mol. The van der Waals surface area contributed by atoms with E-state index in [2.05, 4.69) is 10.1 Å². The number of nitrogens with zero attached hydrogens (tertiary/aromatic N) is 4. The Bertz CT molecular complexity index is 486. The summed E-state index contributed by atoms with van der Waals surface area (Å²) in [5, 5.41) is 12.6. The summed E-state index contributed by atoms with van der Waals surface area (Å²) in [6.45, 7) is 2.74. The first-order chi connectivity index (χ1) is 7.22. The number of imidazole rings is 1. The molecule has 0 amide bonds. The average molecular weight is 206 g/mol. The van der Waals surface area contributed by atoms with Gasteiger partial charge in [0.1, 0.15) is 0 Å². The van der Waals surface area contributed by atoms with Gasteiger partial charge in [-0.1, -0.05) is 0 Å². The van der Waals surface area contributed by atoms with Gasteiger partial charge in [0, 0.05) is 25.1 Å². The van der Waals surface area contributed by atoms with E-state index in [1.807, 2.05) is 17.7 Å². The monoisotopic (exact) mass is 206 g/mol. The second-order valence-corrected chi connectivity index (χ2v) is 2.96. The second-order valence-electron chi connectivity index (χ2n) is 2.96. The number of carbonyl (C=O) groups is 1. The van der Waals surface area contributed by atoms with Crippen LogP contribution in [0.2, 0.25) is 0 Å². The van der Waals surface area contributed by atoms with E-state index >= 15 is 0 Å². The van der Waals surface area contributed by atoms with Crippen molar-refractivity contribution in [3.63, 3.8) is 0 Å². The summed E-state index contributed by atoms with van der Waals surface area (Å²) >= 11 is 0. The van der Waals surface area contributed by atoms with Gasteiger partial charge in [0.05, 0.1) is 0 Å². The molecule has 0 aliphatic rings. The standard InChI is InChI=1S/C9H10N4O2/c1-2-12-6-4-10-9(12)13-5-3-7(11-13)8(14)15/h3-6H,2H2,1H3,(H,14,15). The highest BCUT2D eigenvalue weighted by Gasteiger charge is 2.10. The second kappa shape index (κ2) is 3.56. The molecule has 6 nitrogen and oxygen atoms in total. The number of rotatable bonds is 3. The molecule has 0 aliphatic carbocycles. The van der Waals surface area contributed by atoms with Crippen LogP contribution in [0.15, 0.2) is 24.7 Å². The molecule has 78 valence electrons. The van der Waals surface area contributed by atoms with Crippen LogP contribution < -0.4 is 0 Å². The minimum absolute atomic E-state index is 0.0145. The highest BCUT2D eigenvalue weighted by molar-refractivity contribution is 5.85. The van der Waals surface area contributed by atoms with Gasteiger partial charge in [-0.25, -0.2) is 14.5 Å². The Labute approximate surface area is 85.8 Å². The fraction of sp³-hybridized carbons (Fsp3) is 0.222. The quantitative estimate of drug-likeness (QED) is 0.805. The predicted molar refractivity (Wildman–Crippen MR) is 52.0 cm³/mol. The van der Waals surface area contributed by atoms with E-state index in [-0.39, 0.29) is 5.69 Å². The molecule has 0 aliphatic heterocycles. The number of aromatic carboxylic acids is 1. The first-order valence-electron chi connectivity index (χ1n) is 4.53. The van der Waals surface area contributed by atoms with E-state index in [1.54, 1.807) is 12.4 Å². The molecule has 0 bridgehead atoms. The molecule has 0 saturated heterocycles. The fourth-order valence-electron chi connectivity index (χ4n) is 1.31. The van der Waals surface area contributed by atoms with Crippen molar-refractivity contribution in [1.82, 2.24) is 19.3 Å². The molecule has 0 spiro atoms. The van der Waals surface area contributed by atoms with Crippen LogP contribution in [0.25, 0.3) is 5.95 Å². The Balaban J connectivity index is 2.41. The number of carboxylic acids is 1. The first kappa shape index (κ1) is 9.45. The van der Waals surface area contributed by atoms with Gasteiger partial charge in [0.25, 0.3) is 0 Å². The molecule has 0 aromatic carbocycles. The number of hydrogen-bond donors (Lipinski definition) is 1. The maximum atomic E-state index is 10.6. The Hall–Kier alpha value is -2.11. The maximum Gasteiger partial charge on any atom is 0.356 e. The third kappa shape index (κ3) is 1.61. The highest BCUT2D eigenvalue weighted by atomic mass is 16.4. The van der Waals surface area contributed by atoms with Gasteiger partial charge in [0.15, 0.2) is 5.69 Å². The van der Waals surface area contributed by atoms with Crippen LogP contribution in [0.4, 0.5) is 0 Å². The lowest BCUT2D eigenvalue weighted by Gasteiger charge is -2.02. The molecular formula is C9H10N4O2. The van der Waals surface area contributed by atoms with Crippen molar-refractivity contribution < 1.29 is 9.90 Å². The van der Waals surface area contributed by atoms with Crippen LogP contribution in [0, 0.1) is 0 Å². The van der Waals surface area contributed by atoms with Crippen molar-refractivity contribution >= 4 is 5.97 Å². The normalized spacial score (nSPS) is 10.5. The Kier molecular flexibility index (Phi) is 2.24. The minimum Gasteiger partial charge on any atom is -0.476 e. The average Bonchev–Trinajstić information content (AvgIpc) is 2.85. The largest absolute Gasteiger partial charge is 0.476 e. The van der Waals surface area contributed by atoms with Crippen LogP contribution in [0.5, 0.6) is 0 Å². The minimum atomic E-state index is -1.04. The van der Waals surface area contributed by atoms with Gasteiger partial charge in [-0.05, 0) is 13.0 Å². The molecule has 2 aromatic rings. The molecule has 6 heteroatoms. The number of hydrogen-bond acceptors (Lipinski definition) is 3. The van der Waals surface area contributed by atoms with E-state index in [9.17, 15) is 4.79 Å². The summed E-state index contributed by atoms with van der Waals surface area (Å²) in [6, 6.07) is 1.44. The van der Waals surface area contributed by atoms with Gasteiger partial charge >= 0.3 is 5.97 Å². The predicted octanol–water partition coefficient (Wildman–Crippen LogP) is 0.787. The van der Waals surface area contributed by atoms with Gasteiger partial charge in [0.2, 0.25) is 5.95 Å². The highest BCUT2D eigenvalue weighted by Crippen LogP contribution is 2.05. The fourth-order valence-corrected chi connectivity index (χ4v) is 1.31. The van der Waals surface area contributed by atoms with E-state index in [0.717, 1.165) is 6.54 Å². The summed E-state index contributed by atoms with van der Waals surface area (Å²) < 4.78 is 3.32. The van der Waals surface area contributed by atoms with Crippen molar-refractivity contribution in [3.05, 3.63) is 30.4 Å². The molecule has 0 atom stereocenters. The molecule has 2 heterocycles. The number of aromatic nitrogens is 4. The summed E-state index contributed by atoms with van der Waals surface area (Å²) in [4.78, 5) is 14.7. The summed E-state index contributed by atoms with van der Waals surface area (Å²) in [5.74, 6) is -0.423. The van der Waals surface area contributed by atoms with Crippen LogP contribution in [0.1, 0.15) is 17.4 Å². The molecule has 2 aromatic heterocycles. The van der Waals surface area contributed by atoms with Crippen molar-refractivity contribution in [3.8, 4) is 5.95 Å². The zero-order chi connectivity index (χ0) is 10.8. The summed E-state index contributed by atoms with van der Waals surface area (Å²) in [6.07, 6.45) is 5.05. The van der Waals surface area contributed by atoms with Crippen LogP contribution >= 0.6 is 0 Å². The Morgan fingerprint density at radius 3 is 2.93 bits per heavy atom. The van der Waals surface area contributed by atoms with Crippen LogP contribution in [-0.4, -0.2) is 30.4 Å². The Morgan fingerprint density at radius 1 is 1.53 bits per heavy atom. The van der Waals surface area contributed by atoms with Gasteiger partial charge < -0.3 is 9.67 Å². The van der Waals surface area contributed by atoms with E-state index in [0.29, 0.717) is 5.95 Å². The van der Waals surface area contributed by atoms with Crippen molar-refractivity contribution in [2.75, 3.05) is 0 Å². The first-order valence-corrected chi connectivity index (χ1v) is 4.53. The van der Waals surface area contributed by atoms with E-state index < -0.39 is 5.97 Å². The molecule has 0 unspecified atom stereocenters. The zero-order valence-electron chi connectivity index (χ0n) is 8.16.